The highest BCUT2D eigenvalue weighted by atomic mass is 16.2. The van der Waals surface area contributed by atoms with Crippen molar-refractivity contribution in [1.29, 1.82) is 0 Å². The maximum atomic E-state index is 12.2. The van der Waals surface area contributed by atoms with E-state index in [1.54, 1.807) is 6.20 Å². The molecular formula is C16H26N4O. The van der Waals surface area contributed by atoms with Gasteiger partial charge in [0.2, 0.25) is 5.91 Å². The smallest absolute Gasteiger partial charge is 0.222 e. The van der Waals surface area contributed by atoms with Crippen LogP contribution in [0.15, 0.2) is 18.3 Å². The number of carbonyl (C=O) groups is 1. The molecule has 0 aliphatic carbocycles. The van der Waals surface area contributed by atoms with E-state index in [0.29, 0.717) is 24.3 Å². The number of hydrogen-bond acceptors (Lipinski definition) is 4. The molecule has 5 nitrogen and oxygen atoms in total. The number of aromatic nitrogens is 2. The molecule has 1 aliphatic heterocycles. The minimum Gasteiger partial charge on any atom is -0.366 e. The minimum atomic E-state index is 0.314. The van der Waals surface area contributed by atoms with Gasteiger partial charge in [-0.2, -0.15) is 5.10 Å². The fraction of sp³-hybridized carbons (Fsp3) is 0.688. The highest BCUT2D eigenvalue weighted by Crippen LogP contribution is 2.18. The van der Waals surface area contributed by atoms with Crippen LogP contribution in [0.5, 0.6) is 0 Å². The number of piperidine rings is 1. The quantitative estimate of drug-likeness (QED) is 0.875. The molecule has 0 radical (unpaired) electrons. The summed E-state index contributed by atoms with van der Waals surface area (Å²) in [6, 6.07) is 4.19. The molecule has 1 aromatic rings. The van der Waals surface area contributed by atoms with Crippen LogP contribution in [0.2, 0.25) is 0 Å². The zero-order chi connectivity index (χ0) is 15.1. The molecule has 0 bridgehead atoms. The van der Waals surface area contributed by atoms with Crippen molar-refractivity contribution in [2.24, 2.45) is 5.92 Å². The van der Waals surface area contributed by atoms with Gasteiger partial charge in [-0.25, -0.2) is 0 Å². The van der Waals surface area contributed by atoms with Gasteiger partial charge in [0, 0.05) is 31.7 Å². The molecule has 0 spiro atoms. The van der Waals surface area contributed by atoms with Gasteiger partial charge in [-0.15, -0.1) is 5.10 Å². The summed E-state index contributed by atoms with van der Waals surface area (Å²) in [6.45, 7) is 6.03. The van der Waals surface area contributed by atoms with E-state index >= 15 is 0 Å². The van der Waals surface area contributed by atoms with Crippen LogP contribution >= 0.6 is 0 Å². The zero-order valence-corrected chi connectivity index (χ0v) is 13.1. The number of nitrogens with one attached hydrogen (secondary N) is 1. The molecule has 1 aliphatic rings. The second kappa shape index (κ2) is 7.96. The van der Waals surface area contributed by atoms with E-state index in [9.17, 15) is 4.79 Å². The zero-order valence-electron chi connectivity index (χ0n) is 13.1. The van der Waals surface area contributed by atoms with E-state index in [4.69, 9.17) is 0 Å². The van der Waals surface area contributed by atoms with Crippen molar-refractivity contribution >= 4 is 11.7 Å². The second-order valence-corrected chi connectivity index (χ2v) is 6.01. The Morgan fingerprint density at radius 3 is 2.86 bits per heavy atom. The second-order valence-electron chi connectivity index (χ2n) is 6.01. The lowest BCUT2D eigenvalue weighted by molar-refractivity contribution is -0.133. The van der Waals surface area contributed by atoms with Gasteiger partial charge in [-0.05, 0) is 30.9 Å². The molecule has 5 heteroatoms. The van der Waals surface area contributed by atoms with Crippen molar-refractivity contribution in [2.75, 3.05) is 18.4 Å². The summed E-state index contributed by atoms with van der Waals surface area (Å²) in [6.07, 6.45) is 6.60. The van der Waals surface area contributed by atoms with Crippen molar-refractivity contribution in [3.05, 3.63) is 18.3 Å². The van der Waals surface area contributed by atoms with E-state index < -0.39 is 0 Å². The predicted octanol–water partition coefficient (Wildman–Crippen LogP) is 2.71. The maximum Gasteiger partial charge on any atom is 0.222 e. The molecule has 1 aromatic heterocycles. The summed E-state index contributed by atoms with van der Waals surface area (Å²) >= 11 is 0. The van der Waals surface area contributed by atoms with Crippen molar-refractivity contribution in [1.82, 2.24) is 15.1 Å². The Labute approximate surface area is 127 Å². The average Bonchev–Trinajstić information content (AvgIpc) is 2.49. The summed E-state index contributed by atoms with van der Waals surface area (Å²) in [7, 11) is 0. The van der Waals surface area contributed by atoms with Crippen molar-refractivity contribution in [3.63, 3.8) is 0 Å². The van der Waals surface area contributed by atoms with Crippen LogP contribution in [-0.4, -0.2) is 40.1 Å². The highest BCUT2D eigenvalue weighted by Gasteiger charge is 2.23. The molecule has 0 saturated carbocycles. The normalized spacial score (nSPS) is 17.5. The Balaban J connectivity index is 1.74. The molecule has 116 valence electrons. The fourth-order valence-electron chi connectivity index (χ4n) is 2.88. The number of amides is 1. The Bertz CT molecular complexity index is 429. The molecule has 21 heavy (non-hydrogen) atoms. The van der Waals surface area contributed by atoms with Gasteiger partial charge in [-0.1, -0.05) is 26.7 Å². The Morgan fingerprint density at radius 1 is 1.48 bits per heavy atom. The number of hydrogen-bond donors (Lipinski definition) is 1. The molecule has 0 aromatic carbocycles. The van der Waals surface area contributed by atoms with E-state index in [0.717, 1.165) is 44.6 Å². The average molecular weight is 290 g/mol. The summed E-state index contributed by atoms with van der Waals surface area (Å²) < 4.78 is 0. The first-order valence-electron chi connectivity index (χ1n) is 8.01. The van der Waals surface area contributed by atoms with Crippen LogP contribution in [0, 0.1) is 5.92 Å². The van der Waals surface area contributed by atoms with Crippen molar-refractivity contribution < 1.29 is 4.79 Å². The molecule has 1 atom stereocenters. The van der Waals surface area contributed by atoms with E-state index in [2.05, 4.69) is 29.4 Å². The molecule has 1 unspecified atom stereocenters. The van der Waals surface area contributed by atoms with E-state index in [1.165, 1.54) is 0 Å². The van der Waals surface area contributed by atoms with Crippen molar-refractivity contribution in [3.8, 4) is 0 Å². The topological polar surface area (TPSA) is 58.1 Å². The van der Waals surface area contributed by atoms with Crippen LogP contribution < -0.4 is 5.32 Å². The van der Waals surface area contributed by atoms with Crippen LogP contribution in [-0.2, 0) is 4.79 Å². The number of likely N-dealkylation sites (tertiary alicyclic amines) is 1. The standard InChI is InChI=1S/C16H26N4O/c1-3-5-13(2)12-16(21)20-10-7-14(8-11-20)18-15-6-4-9-17-19-15/h4,6,9,13-14H,3,5,7-8,10-12H2,1-2H3,(H,18,19). The third-order valence-electron chi connectivity index (χ3n) is 4.08. The lowest BCUT2D eigenvalue weighted by Crippen LogP contribution is -2.42. The summed E-state index contributed by atoms with van der Waals surface area (Å²) in [5.74, 6) is 1.63. The SMILES string of the molecule is CCCC(C)CC(=O)N1CCC(Nc2cccnn2)CC1. The van der Waals surface area contributed by atoms with E-state index in [1.807, 2.05) is 17.0 Å². The van der Waals surface area contributed by atoms with Gasteiger partial charge in [0.15, 0.2) is 0 Å². The minimum absolute atomic E-state index is 0.314. The number of rotatable bonds is 6. The van der Waals surface area contributed by atoms with Crippen LogP contribution in [0.25, 0.3) is 0 Å². The van der Waals surface area contributed by atoms with Gasteiger partial charge in [0.05, 0.1) is 0 Å². The number of carbonyl (C=O) groups excluding carboxylic acids is 1. The van der Waals surface area contributed by atoms with E-state index in [-0.39, 0.29) is 0 Å². The summed E-state index contributed by atoms with van der Waals surface area (Å²) in [4.78, 5) is 14.2. The molecule has 1 amide bonds. The molecule has 2 heterocycles. The van der Waals surface area contributed by atoms with Gasteiger partial charge < -0.3 is 10.2 Å². The van der Waals surface area contributed by atoms with Crippen LogP contribution in [0.3, 0.4) is 0 Å². The lowest BCUT2D eigenvalue weighted by atomic mass is 9.99. The predicted molar refractivity (Wildman–Crippen MR) is 83.9 cm³/mol. The van der Waals surface area contributed by atoms with Crippen LogP contribution in [0.1, 0.15) is 46.0 Å². The summed E-state index contributed by atoms with van der Waals surface area (Å²) in [5.41, 5.74) is 0. The molecule has 1 N–H and O–H groups in total. The first-order chi connectivity index (χ1) is 10.2. The monoisotopic (exact) mass is 290 g/mol. The van der Waals surface area contributed by atoms with Gasteiger partial charge in [0.1, 0.15) is 5.82 Å². The number of anilines is 1. The molecule has 1 saturated heterocycles. The lowest BCUT2D eigenvalue weighted by Gasteiger charge is -2.33. The third kappa shape index (κ3) is 4.99. The fourth-order valence-corrected chi connectivity index (χ4v) is 2.88. The third-order valence-corrected chi connectivity index (χ3v) is 4.08. The van der Waals surface area contributed by atoms with Gasteiger partial charge >= 0.3 is 0 Å². The summed E-state index contributed by atoms with van der Waals surface area (Å²) in [5, 5.41) is 11.3. The largest absolute Gasteiger partial charge is 0.366 e. The van der Waals surface area contributed by atoms with Crippen molar-refractivity contribution in [2.45, 2.75) is 52.0 Å². The highest BCUT2D eigenvalue weighted by molar-refractivity contribution is 5.76. The van der Waals surface area contributed by atoms with Gasteiger partial charge in [-0.3, -0.25) is 4.79 Å². The number of nitrogens with zero attached hydrogens (tertiary/aromatic N) is 3. The van der Waals surface area contributed by atoms with Gasteiger partial charge in [0.25, 0.3) is 0 Å². The van der Waals surface area contributed by atoms with Crippen LogP contribution in [0.4, 0.5) is 5.82 Å². The first kappa shape index (κ1) is 15.7. The Morgan fingerprint density at radius 2 is 2.24 bits per heavy atom. The molecule has 2 rings (SSSR count). The molecular weight excluding hydrogens is 264 g/mol. The maximum absolute atomic E-state index is 12.2. The molecule has 1 fully saturated rings. The Kier molecular flexibility index (Phi) is 5.96. The Hall–Kier alpha value is -1.65. The first-order valence-corrected chi connectivity index (χ1v) is 8.01.